The summed E-state index contributed by atoms with van der Waals surface area (Å²) in [6.07, 6.45) is 5.58. The van der Waals surface area contributed by atoms with Gasteiger partial charge < -0.3 is 4.90 Å². The Bertz CT molecular complexity index is 962. The Morgan fingerprint density at radius 2 is 2.11 bits per heavy atom. The maximum atomic E-state index is 13.1. The molecule has 27 heavy (non-hydrogen) atoms. The van der Waals surface area contributed by atoms with Crippen molar-refractivity contribution < 1.29 is 4.79 Å². The molecular weight excluding hydrogens is 338 g/mol. The lowest BCUT2D eigenvalue weighted by Gasteiger charge is -2.24. The van der Waals surface area contributed by atoms with E-state index in [2.05, 4.69) is 20.2 Å². The van der Waals surface area contributed by atoms with E-state index < -0.39 is 0 Å². The predicted molar refractivity (Wildman–Crippen MR) is 103 cm³/mol. The molecule has 1 atom stereocenters. The van der Waals surface area contributed by atoms with E-state index in [0.717, 1.165) is 28.2 Å². The van der Waals surface area contributed by atoms with E-state index in [-0.39, 0.29) is 11.9 Å². The van der Waals surface area contributed by atoms with Crippen molar-refractivity contribution >= 4 is 5.91 Å². The van der Waals surface area contributed by atoms with E-state index in [1.54, 1.807) is 18.1 Å². The molecule has 1 amide bonds. The van der Waals surface area contributed by atoms with Crippen LogP contribution in [-0.4, -0.2) is 38.0 Å². The molecule has 2 heterocycles. The van der Waals surface area contributed by atoms with Gasteiger partial charge in [0.1, 0.15) is 6.33 Å². The number of hydrogen-bond donors (Lipinski definition) is 1. The Kier molecular flexibility index (Phi) is 4.48. The molecule has 6 heteroatoms. The normalized spacial score (nSPS) is 14.8. The first-order valence-corrected chi connectivity index (χ1v) is 9.24. The van der Waals surface area contributed by atoms with Crippen LogP contribution in [0.1, 0.15) is 59.2 Å². The van der Waals surface area contributed by atoms with Crippen molar-refractivity contribution in [3.63, 3.8) is 0 Å². The third-order valence-electron chi connectivity index (χ3n) is 5.27. The van der Waals surface area contributed by atoms with Gasteiger partial charge in [0.25, 0.3) is 5.91 Å². The molecule has 1 aromatic carbocycles. The second-order valence-electron chi connectivity index (χ2n) is 7.19. The molecule has 1 N–H and O–H groups in total. The fourth-order valence-electron chi connectivity index (χ4n) is 3.40. The van der Waals surface area contributed by atoms with Crippen LogP contribution in [0.4, 0.5) is 0 Å². The number of hydrogen-bond acceptors (Lipinski definition) is 4. The molecule has 6 nitrogen and oxygen atoms in total. The molecule has 1 saturated carbocycles. The smallest absolute Gasteiger partial charge is 0.254 e. The summed E-state index contributed by atoms with van der Waals surface area (Å²) in [4.78, 5) is 23.0. The summed E-state index contributed by atoms with van der Waals surface area (Å²) >= 11 is 0. The van der Waals surface area contributed by atoms with Gasteiger partial charge in [0.15, 0.2) is 0 Å². The highest BCUT2D eigenvalue weighted by Gasteiger charge is 2.30. The van der Waals surface area contributed by atoms with E-state index in [4.69, 9.17) is 0 Å². The van der Waals surface area contributed by atoms with Crippen molar-refractivity contribution in [2.45, 2.75) is 38.6 Å². The quantitative estimate of drug-likeness (QED) is 0.748. The van der Waals surface area contributed by atoms with Crippen molar-refractivity contribution in [1.29, 1.82) is 0 Å². The van der Waals surface area contributed by atoms with Gasteiger partial charge >= 0.3 is 0 Å². The van der Waals surface area contributed by atoms with Crippen LogP contribution in [0, 0.1) is 6.92 Å². The lowest BCUT2D eigenvalue weighted by atomic mass is 9.99. The molecule has 0 bridgehead atoms. The topological polar surface area (TPSA) is 74.8 Å². The second kappa shape index (κ2) is 6.95. The molecule has 0 radical (unpaired) electrons. The van der Waals surface area contributed by atoms with Gasteiger partial charge in [-0.1, -0.05) is 12.1 Å². The minimum atomic E-state index is -0.137. The van der Waals surface area contributed by atoms with Crippen LogP contribution < -0.4 is 0 Å². The molecule has 4 rings (SSSR count). The number of nitrogens with zero attached hydrogens (tertiary/aromatic N) is 4. The first-order valence-electron chi connectivity index (χ1n) is 9.24. The Hall–Kier alpha value is -3.02. The predicted octanol–water partition coefficient (Wildman–Crippen LogP) is 3.89. The van der Waals surface area contributed by atoms with E-state index >= 15 is 0 Å². The minimum Gasteiger partial charge on any atom is -0.333 e. The Balaban J connectivity index is 1.63. The summed E-state index contributed by atoms with van der Waals surface area (Å²) in [6.45, 7) is 4.00. The van der Waals surface area contributed by atoms with Crippen LogP contribution in [-0.2, 0) is 0 Å². The third-order valence-corrected chi connectivity index (χ3v) is 5.27. The number of H-pyrrole nitrogens is 1. The molecule has 2 aromatic heterocycles. The number of aromatic nitrogens is 4. The van der Waals surface area contributed by atoms with Gasteiger partial charge in [0.2, 0.25) is 0 Å². The highest BCUT2D eigenvalue weighted by molar-refractivity contribution is 5.95. The molecule has 0 aliphatic heterocycles. The number of carbonyl (C=O) groups excluding carboxylic acids is 1. The monoisotopic (exact) mass is 361 g/mol. The summed E-state index contributed by atoms with van der Waals surface area (Å²) in [6, 6.07) is 9.52. The van der Waals surface area contributed by atoms with Crippen LogP contribution in [0.5, 0.6) is 0 Å². The maximum absolute atomic E-state index is 13.1. The van der Waals surface area contributed by atoms with Crippen LogP contribution in [0.15, 0.2) is 42.9 Å². The summed E-state index contributed by atoms with van der Waals surface area (Å²) in [5.74, 6) is 0.516. The van der Waals surface area contributed by atoms with Gasteiger partial charge in [-0.05, 0) is 50.5 Å². The minimum absolute atomic E-state index is 0.0305. The van der Waals surface area contributed by atoms with E-state index in [1.165, 1.54) is 19.2 Å². The van der Waals surface area contributed by atoms with Crippen molar-refractivity contribution in [3.8, 4) is 11.1 Å². The Morgan fingerprint density at radius 1 is 1.30 bits per heavy atom. The van der Waals surface area contributed by atoms with Crippen LogP contribution in [0.3, 0.4) is 0 Å². The first kappa shape index (κ1) is 17.4. The fourth-order valence-corrected chi connectivity index (χ4v) is 3.40. The number of aryl methyl sites for hydroxylation is 1. The highest BCUT2D eigenvalue weighted by Crippen LogP contribution is 2.44. The molecule has 3 aromatic rings. The standard InChI is InChI=1S/C21H23N5O/c1-13-19(20(25-24-13)15-7-8-15)16-5-4-6-17(11-16)21(27)26(3)14(2)18-9-10-22-12-23-18/h4-6,9-12,14-15H,7-8H2,1-3H3,(H,24,25). The zero-order valence-corrected chi connectivity index (χ0v) is 15.8. The number of amides is 1. The second-order valence-corrected chi connectivity index (χ2v) is 7.19. The van der Waals surface area contributed by atoms with Crippen LogP contribution in [0.25, 0.3) is 11.1 Å². The Morgan fingerprint density at radius 3 is 2.81 bits per heavy atom. The van der Waals surface area contributed by atoms with Crippen LogP contribution >= 0.6 is 0 Å². The molecule has 138 valence electrons. The maximum Gasteiger partial charge on any atom is 0.254 e. The molecular formula is C21H23N5O. The lowest BCUT2D eigenvalue weighted by molar-refractivity contribution is 0.0739. The van der Waals surface area contributed by atoms with Crippen molar-refractivity contribution in [1.82, 2.24) is 25.1 Å². The summed E-state index contributed by atoms with van der Waals surface area (Å²) in [7, 11) is 1.81. The molecule has 0 spiro atoms. The molecule has 0 saturated heterocycles. The van der Waals surface area contributed by atoms with E-state index in [9.17, 15) is 4.79 Å². The van der Waals surface area contributed by atoms with E-state index in [0.29, 0.717) is 11.5 Å². The van der Waals surface area contributed by atoms with E-state index in [1.807, 2.05) is 44.2 Å². The largest absolute Gasteiger partial charge is 0.333 e. The van der Waals surface area contributed by atoms with Crippen molar-refractivity contribution in [2.24, 2.45) is 0 Å². The number of carbonyl (C=O) groups is 1. The number of benzene rings is 1. The van der Waals surface area contributed by atoms with Gasteiger partial charge in [-0.15, -0.1) is 0 Å². The summed E-state index contributed by atoms with van der Waals surface area (Å²) < 4.78 is 0. The molecule has 1 unspecified atom stereocenters. The van der Waals surface area contributed by atoms with Crippen LogP contribution in [0.2, 0.25) is 0 Å². The Labute approximate surface area is 158 Å². The molecule has 1 aliphatic carbocycles. The zero-order chi connectivity index (χ0) is 19.0. The van der Waals surface area contributed by atoms with Gasteiger partial charge in [-0.3, -0.25) is 9.89 Å². The average molecular weight is 361 g/mol. The molecule has 1 fully saturated rings. The van der Waals surface area contributed by atoms with Gasteiger partial charge in [0, 0.05) is 36.0 Å². The fraction of sp³-hybridized carbons (Fsp3) is 0.333. The summed E-state index contributed by atoms with van der Waals surface area (Å²) in [5, 5.41) is 7.61. The van der Waals surface area contributed by atoms with Gasteiger partial charge in [-0.2, -0.15) is 5.10 Å². The zero-order valence-electron chi connectivity index (χ0n) is 15.8. The number of rotatable bonds is 5. The van der Waals surface area contributed by atoms with Gasteiger partial charge in [-0.25, -0.2) is 9.97 Å². The SMILES string of the molecule is Cc1[nH]nc(C2CC2)c1-c1cccc(C(=O)N(C)C(C)c2ccncn2)c1. The first-order chi connectivity index (χ1) is 13.1. The van der Waals surface area contributed by atoms with Crippen molar-refractivity contribution in [3.05, 3.63) is 65.5 Å². The number of nitrogens with one attached hydrogen (secondary N) is 1. The lowest BCUT2D eigenvalue weighted by Crippen LogP contribution is -2.30. The molecule has 1 aliphatic rings. The average Bonchev–Trinajstić information content (AvgIpc) is 3.48. The van der Waals surface area contributed by atoms with Crippen molar-refractivity contribution in [2.75, 3.05) is 7.05 Å². The summed E-state index contributed by atoms with van der Waals surface area (Å²) in [5.41, 5.74) is 5.83. The third kappa shape index (κ3) is 3.35. The highest BCUT2D eigenvalue weighted by atomic mass is 16.2. The number of aromatic amines is 1. The van der Waals surface area contributed by atoms with Gasteiger partial charge in [0.05, 0.1) is 17.4 Å².